The Morgan fingerprint density at radius 2 is 1.59 bits per heavy atom. The highest BCUT2D eigenvalue weighted by molar-refractivity contribution is 6.30. The van der Waals surface area contributed by atoms with Crippen molar-refractivity contribution in [2.75, 3.05) is 0 Å². The van der Waals surface area contributed by atoms with E-state index in [2.05, 4.69) is 0 Å². The van der Waals surface area contributed by atoms with Gasteiger partial charge in [-0.05, 0) is 43.2 Å². The van der Waals surface area contributed by atoms with Crippen LogP contribution in [-0.2, 0) is 16.1 Å². The van der Waals surface area contributed by atoms with Crippen LogP contribution < -0.4 is 0 Å². The minimum Gasteiger partial charge on any atom is -0.272 e. The third kappa shape index (κ3) is 3.56. The Balaban J connectivity index is 1.73. The molecule has 29 heavy (non-hydrogen) atoms. The van der Waals surface area contributed by atoms with E-state index < -0.39 is 35.4 Å². The first-order chi connectivity index (χ1) is 14.0. The monoisotopic (exact) mass is 412 g/mol. The number of carbonyl (C=O) groups is 3. The lowest BCUT2D eigenvalue weighted by molar-refractivity contribution is -0.155. The summed E-state index contributed by atoms with van der Waals surface area (Å²) in [6.07, 6.45) is 4.65. The van der Waals surface area contributed by atoms with Gasteiger partial charge in [0, 0.05) is 16.1 Å². The van der Waals surface area contributed by atoms with Crippen LogP contribution >= 0.6 is 11.6 Å². The molecule has 1 aliphatic heterocycles. The molecule has 1 saturated heterocycles. The molecular weight excluding hydrogens is 395 g/mol. The lowest BCUT2D eigenvalue weighted by Crippen LogP contribution is -2.50. The van der Waals surface area contributed by atoms with E-state index in [0.29, 0.717) is 17.9 Å². The van der Waals surface area contributed by atoms with Gasteiger partial charge in [0.15, 0.2) is 0 Å². The fourth-order valence-corrected chi connectivity index (χ4v) is 3.91. The highest BCUT2D eigenvalue weighted by Crippen LogP contribution is 2.36. The van der Waals surface area contributed by atoms with Crippen molar-refractivity contribution in [3.05, 3.63) is 82.6 Å². The van der Waals surface area contributed by atoms with Gasteiger partial charge in [-0.1, -0.05) is 42.0 Å². The van der Waals surface area contributed by atoms with Gasteiger partial charge in [-0.3, -0.25) is 14.4 Å². The molecule has 1 heterocycles. The third-order valence-corrected chi connectivity index (χ3v) is 5.58. The Hall–Kier alpha value is -2.99. The van der Waals surface area contributed by atoms with Crippen LogP contribution in [0.1, 0.15) is 28.8 Å². The van der Waals surface area contributed by atoms with Gasteiger partial charge in [0.1, 0.15) is 5.82 Å². The average Bonchev–Trinajstić information content (AvgIpc) is 2.98. The standard InChI is InChI=1S/C22H18ClFN2O3/c23-16-11-9-14(10-12-16)20(27)25(13-15-5-1-4-8-19(15)24)26-21(28)17-6-2-3-7-18(17)22(26)29/h1-5,8-12,17-18H,6-7,13H2/t17-,18-/m1/s1. The van der Waals surface area contributed by atoms with Gasteiger partial charge in [-0.15, -0.1) is 0 Å². The van der Waals surface area contributed by atoms with Crippen molar-refractivity contribution in [3.63, 3.8) is 0 Å². The molecule has 0 radical (unpaired) electrons. The maximum Gasteiger partial charge on any atom is 0.273 e. The molecular formula is C22H18ClFN2O3. The van der Waals surface area contributed by atoms with Crippen molar-refractivity contribution in [2.24, 2.45) is 11.8 Å². The summed E-state index contributed by atoms with van der Waals surface area (Å²) in [6.45, 7) is -0.238. The summed E-state index contributed by atoms with van der Waals surface area (Å²) in [5, 5.41) is 2.41. The number of hydrogen-bond donors (Lipinski definition) is 0. The molecule has 0 unspecified atom stereocenters. The Bertz CT molecular complexity index is 979. The lowest BCUT2D eigenvalue weighted by atomic mass is 9.85. The van der Waals surface area contributed by atoms with Crippen molar-refractivity contribution in [1.29, 1.82) is 0 Å². The zero-order valence-corrected chi connectivity index (χ0v) is 16.2. The van der Waals surface area contributed by atoms with Crippen LogP contribution in [0, 0.1) is 17.7 Å². The number of hydrazine groups is 1. The quantitative estimate of drug-likeness (QED) is 0.563. The zero-order valence-electron chi connectivity index (χ0n) is 15.4. The normalized spacial score (nSPS) is 20.7. The maximum atomic E-state index is 14.3. The summed E-state index contributed by atoms with van der Waals surface area (Å²) in [5.41, 5.74) is 0.461. The second-order valence-corrected chi connectivity index (χ2v) is 7.54. The number of imide groups is 1. The average molecular weight is 413 g/mol. The predicted molar refractivity (Wildman–Crippen MR) is 105 cm³/mol. The van der Waals surface area contributed by atoms with Crippen molar-refractivity contribution >= 4 is 29.3 Å². The van der Waals surface area contributed by atoms with Crippen molar-refractivity contribution in [3.8, 4) is 0 Å². The molecule has 0 aromatic heterocycles. The molecule has 2 aromatic rings. The molecule has 4 rings (SSSR count). The van der Waals surface area contributed by atoms with Crippen LogP contribution in [-0.4, -0.2) is 27.7 Å². The first-order valence-electron chi connectivity index (χ1n) is 9.31. The zero-order chi connectivity index (χ0) is 20.5. The number of allylic oxidation sites excluding steroid dienone is 2. The van der Waals surface area contributed by atoms with E-state index in [0.717, 1.165) is 10.0 Å². The molecule has 2 aliphatic rings. The largest absolute Gasteiger partial charge is 0.273 e. The summed E-state index contributed by atoms with van der Waals surface area (Å²) in [4.78, 5) is 39.3. The van der Waals surface area contributed by atoms with Crippen LogP contribution in [0.4, 0.5) is 4.39 Å². The molecule has 2 aromatic carbocycles. The molecule has 3 amide bonds. The Labute approximate surface area is 172 Å². The van der Waals surface area contributed by atoms with Gasteiger partial charge in [0.25, 0.3) is 17.7 Å². The highest BCUT2D eigenvalue weighted by Gasteiger charge is 2.50. The van der Waals surface area contributed by atoms with Crippen LogP contribution in [0.25, 0.3) is 0 Å². The minimum absolute atomic E-state index is 0.211. The van der Waals surface area contributed by atoms with Gasteiger partial charge >= 0.3 is 0 Å². The summed E-state index contributed by atoms with van der Waals surface area (Å²) >= 11 is 5.90. The Morgan fingerprint density at radius 1 is 1.00 bits per heavy atom. The van der Waals surface area contributed by atoms with Crippen LogP contribution in [0.2, 0.25) is 5.02 Å². The molecule has 148 valence electrons. The molecule has 7 heteroatoms. The molecule has 0 N–H and O–H groups in total. The van der Waals surface area contributed by atoms with Gasteiger partial charge in [0.05, 0.1) is 18.4 Å². The number of hydrogen-bond acceptors (Lipinski definition) is 3. The maximum absolute atomic E-state index is 14.3. The first-order valence-corrected chi connectivity index (χ1v) is 9.68. The third-order valence-electron chi connectivity index (χ3n) is 5.33. The number of amides is 3. The number of fused-ring (bicyclic) bond motifs is 1. The van der Waals surface area contributed by atoms with E-state index in [1.54, 1.807) is 18.2 Å². The summed E-state index contributed by atoms with van der Waals surface area (Å²) in [5.74, 6) is -2.92. The molecule has 2 atom stereocenters. The second-order valence-electron chi connectivity index (χ2n) is 7.11. The number of carbonyl (C=O) groups excluding carboxylic acids is 3. The molecule has 0 bridgehead atoms. The van der Waals surface area contributed by atoms with Gasteiger partial charge in [-0.25, -0.2) is 9.40 Å². The Kier molecular flexibility index (Phi) is 5.20. The van der Waals surface area contributed by atoms with Crippen LogP contribution in [0.5, 0.6) is 0 Å². The van der Waals surface area contributed by atoms with E-state index in [1.807, 2.05) is 12.2 Å². The Morgan fingerprint density at radius 3 is 2.17 bits per heavy atom. The predicted octanol–water partition coefficient (Wildman–Crippen LogP) is 3.99. The SMILES string of the molecule is O=C(c1ccc(Cl)cc1)N(Cc1ccccc1F)N1C(=O)[C@@H]2CC=CC[C@H]2C1=O. The molecule has 1 fully saturated rings. The van der Waals surface area contributed by atoms with Crippen molar-refractivity contribution in [2.45, 2.75) is 19.4 Å². The van der Waals surface area contributed by atoms with Gasteiger partial charge in [0.2, 0.25) is 0 Å². The van der Waals surface area contributed by atoms with E-state index in [9.17, 15) is 18.8 Å². The van der Waals surface area contributed by atoms with Crippen LogP contribution in [0.15, 0.2) is 60.7 Å². The molecule has 0 spiro atoms. The fraction of sp³-hybridized carbons (Fsp3) is 0.227. The number of rotatable bonds is 4. The summed E-state index contributed by atoms with van der Waals surface area (Å²) < 4.78 is 14.3. The molecule has 5 nitrogen and oxygen atoms in total. The molecule has 1 aliphatic carbocycles. The van der Waals surface area contributed by atoms with Crippen molar-refractivity contribution < 1.29 is 18.8 Å². The topological polar surface area (TPSA) is 57.7 Å². The smallest absolute Gasteiger partial charge is 0.272 e. The summed E-state index contributed by atoms with van der Waals surface area (Å²) in [7, 11) is 0. The summed E-state index contributed by atoms with van der Waals surface area (Å²) in [6, 6.07) is 12.1. The highest BCUT2D eigenvalue weighted by atomic mass is 35.5. The lowest BCUT2D eigenvalue weighted by Gasteiger charge is -2.30. The van der Waals surface area contributed by atoms with Crippen molar-refractivity contribution in [1.82, 2.24) is 10.0 Å². The number of benzene rings is 2. The van der Waals surface area contributed by atoms with Gasteiger partial charge < -0.3 is 0 Å². The molecule has 0 saturated carbocycles. The van der Waals surface area contributed by atoms with E-state index in [1.165, 1.54) is 30.3 Å². The first kappa shape index (κ1) is 19.3. The fourth-order valence-electron chi connectivity index (χ4n) is 3.78. The minimum atomic E-state index is -0.571. The van der Waals surface area contributed by atoms with E-state index in [4.69, 9.17) is 11.6 Å². The van der Waals surface area contributed by atoms with Crippen LogP contribution in [0.3, 0.4) is 0 Å². The van der Waals surface area contributed by atoms with Gasteiger partial charge in [-0.2, -0.15) is 5.01 Å². The van der Waals surface area contributed by atoms with E-state index >= 15 is 0 Å². The second kappa shape index (κ2) is 7.79. The number of nitrogens with zero attached hydrogens (tertiary/aromatic N) is 2. The van der Waals surface area contributed by atoms with E-state index in [-0.39, 0.29) is 17.7 Å². The number of halogens is 2.